The average molecular weight is 695 g/mol. The number of imidazole rings is 2. The van der Waals surface area contributed by atoms with E-state index < -0.39 is 81.2 Å². The Bertz CT molecular complexity index is 1910. The number of anilines is 1. The molecule has 0 radical (unpaired) electrons. The van der Waals surface area contributed by atoms with Crippen molar-refractivity contribution in [1.82, 2.24) is 39.0 Å². The number of aromatic nitrogens is 8. The van der Waals surface area contributed by atoms with Gasteiger partial charge in [0.1, 0.15) is 37.3 Å². The van der Waals surface area contributed by atoms with Crippen LogP contribution in [-0.2, 0) is 39.4 Å². The molecule has 4 aromatic rings. The normalized spacial score (nSPS) is 36.6. The van der Waals surface area contributed by atoms with Crippen molar-refractivity contribution in [2.24, 2.45) is 0 Å². The zero-order valence-electron chi connectivity index (χ0n) is 21.9. The molecule has 7 heterocycles. The summed E-state index contributed by atoms with van der Waals surface area (Å²) < 4.78 is 53.1. The fourth-order valence-corrected chi connectivity index (χ4v) is 8.17. The smallest absolute Gasteiger partial charge is 0.369 e. The maximum atomic E-state index is 15.8. The SMILES string of the molecule is Nc1nc2c(ncn2[C@@H]2O[C@@H]3CO[P+](O)(S)O[C@H]4C[C@H](n5cnc6c(=O)[nH]cnc65)O[C@@H]4COP(O)(=S)O[C@@H]2[C@@H]3F)c(=O)[nH]1. The highest BCUT2D eigenvalue weighted by atomic mass is 32.7. The van der Waals surface area contributed by atoms with E-state index in [1.807, 2.05) is 0 Å². The average Bonchev–Trinajstić information content (AvgIpc) is 3.72. The quantitative estimate of drug-likeness (QED) is 0.119. The van der Waals surface area contributed by atoms with Gasteiger partial charge in [-0.05, 0) is 11.8 Å². The molecule has 0 spiro atoms. The van der Waals surface area contributed by atoms with E-state index in [1.54, 1.807) is 0 Å². The summed E-state index contributed by atoms with van der Waals surface area (Å²) in [5, 5.41) is 0. The van der Waals surface area contributed by atoms with Crippen molar-refractivity contribution >= 4 is 66.2 Å². The molecule has 0 aromatic carbocycles. The number of thiol groups is 1. The molecule has 0 aliphatic carbocycles. The third-order valence-electron chi connectivity index (χ3n) is 7.18. The lowest BCUT2D eigenvalue weighted by molar-refractivity contribution is -0.0599. The van der Waals surface area contributed by atoms with E-state index in [1.165, 1.54) is 28.1 Å². The standard InChI is InChI=1S/C20H22FN9O10P2S2/c21-11-9-3-36-41(33,43)39-7-1-10(29-5-25-12-15(29)23-4-24-17(12)31)37-8(7)2-35-42(34,44)40-14(11)19(38-9)30-6-26-13-16(30)27-20(22)28-18(13)32/h4-11,14,19,33,43H,1-3H2,(H4-,22,23,24,27,28,31,32,34,44)/p+1/t7-,8+,9+,10+,11+,14+,19+,41?,42?/m0/s1. The molecule has 0 saturated carbocycles. The highest BCUT2D eigenvalue weighted by Crippen LogP contribution is 2.64. The van der Waals surface area contributed by atoms with Crippen LogP contribution in [0, 0.1) is 0 Å². The minimum Gasteiger partial charge on any atom is -0.369 e. The molecule has 19 nitrogen and oxygen atoms in total. The third kappa shape index (κ3) is 5.48. The van der Waals surface area contributed by atoms with Crippen LogP contribution >= 0.6 is 26.1 Å². The lowest BCUT2D eigenvalue weighted by atomic mass is 10.1. The minimum absolute atomic E-state index is 0.0508. The van der Waals surface area contributed by atoms with Gasteiger partial charge in [0.15, 0.2) is 34.7 Å². The van der Waals surface area contributed by atoms with Gasteiger partial charge in [-0.2, -0.15) is 18.9 Å². The Morgan fingerprint density at radius 3 is 2.64 bits per heavy atom. The second-order valence-corrected chi connectivity index (χ2v) is 15.7. The van der Waals surface area contributed by atoms with Crippen LogP contribution in [0.4, 0.5) is 10.3 Å². The molecule has 0 amide bonds. The second-order valence-electron chi connectivity index (χ2n) is 9.97. The Kier molecular flexibility index (Phi) is 7.63. The number of H-pyrrole nitrogens is 2. The summed E-state index contributed by atoms with van der Waals surface area (Å²) in [5.74, 6) is -0.230. The highest BCUT2D eigenvalue weighted by molar-refractivity contribution is 8.47. The van der Waals surface area contributed by atoms with Gasteiger partial charge in [0.2, 0.25) is 5.95 Å². The number of aromatic amines is 2. The summed E-state index contributed by atoms with van der Waals surface area (Å²) in [5.41, 5.74) is 4.74. The predicted octanol–water partition coefficient (Wildman–Crippen LogP) is -0.00830. The summed E-state index contributed by atoms with van der Waals surface area (Å²) in [6, 6.07) is 0. The molecule has 9 atom stereocenters. The van der Waals surface area contributed by atoms with Crippen molar-refractivity contribution in [3.63, 3.8) is 0 Å². The molecule has 4 aromatic heterocycles. The van der Waals surface area contributed by atoms with Crippen molar-refractivity contribution in [3.05, 3.63) is 39.7 Å². The van der Waals surface area contributed by atoms with Gasteiger partial charge in [-0.1, -0.05) is 0 Å². The molecule has 3 fully saturated rings. The van der Waals surface area contributed by atoms with Gasteiger partial charge in [0.05, 0.1) is 37.8 Å². The van der Waals surface area contributed by atoms with Crippen molar-refractivity contribution in [2.75, 3.05) is 18.9 Å². The van der Waals surface area contributed by atoms with Crippen LogP contribution in [-0.4, -0.2) is 92.6 Å². The van der Waals surface area contributed by atoms with Crippen molar-refractivity contribution in [2.45, 2.75) is 49.5 Å². The Labute approximate surface area is 254 Å². The zero-order valence-corrected chi connectivity index (χ0v) is 25.4. The number of ether oxygens (including phenoxy) is 2. The molecule has 236 valence electrons. The summed E-state index contributed by atoms with van der Waals surface area (Å²) in [6.07, 6.45) is -5.28. The topological polar surface area (TPSA) is 249 Å². The molecule has 2 unspecified atom stereocenters. The molecule has 3 aliphatic heterocycles. The number of fused-ring (bicyclic) bond motifs is 5. The number of halogens is 1. The Morgan fingerprint density at radius 2 is 1.84 bits per heavy atom. The Balaban J connectivity index is 1.19. The van der Waals surface area contributed by atoms with Crippen LogP contribution < -0.4 is 16.9 Å². The summed E-state index contributed by atoms with van der Waals surface area (Å²) >= 11 is 9.40. The van der Waals surface area contributed by atoms with Gasteiger partial charge < -0.3 is 29.6 Å². The molecular weight excluding hydrogens is 671 g/mol. The minimum atomic E-state index is -4.22. The lowest BCUT2D eigenvalue weighted by Gasteiger charge is -2.26. The first-order valence-corrected chi connectivity index (χ1v) is 18.1. The number of nitrogens with two attached hydrogens (primary N) is 1. The van der Waals surface area contributed by atoms with Gasteiger partial charge in [0.25, 0.3) is 11.1 Å². The van der Waals surface area contributed by atoms with Crippen LogP contribution in [0.2, 0.25) is 0 Å². The predicted molar refractivity (Wildman–Crippen MR) is 154 cm³/mol. The molecular formula is C20H23FN9O10P2S2+. The maximum absolute atomic E-state index is 15.8. The maximum Gasteiger partial charge on any atom is 0.475 e. The van der Waals surface area contributed by atoms with Gasteiger partial charge in [-0.25, -0.2) is 19.3 Å². The van der Waals surface area contributed by atoms with E-state index in [-0.39, 0.29) is 34.7 Å². The van der Waals surface area contributed by atoms with Crippen LogP contribution in [0.1, 0.15) is 18.9 Å². The summed E-state index contributed by atoms with van der Waals surface area (Å²) in [7, 11) is -3.95. The van der Waals surface area contributed by atoms with Gasteiger partial charge in [-0.3, -0.25) is 28.2 Å². The van der Waals surface area contributed by atoms with Crippen LogP contribution in [0.15, 0.2) is 28.6 Å². The third-order valence-corrected chi connectivity index (χ3v) is 10.4. The van der Waals surface area contributed by atoms with Crippen molar-refractivity contribution < 1.29 is 41.7 Å². The molecule has 3 saturated heterocycles. The first kappa shape index (κ1) is 30.2. The van der Waals surface area contributed by atoms with E-state index in [0.717, 1.165) is 0 Å². The van der Waals surface area contributed by atoms with Crippen LogP contribution in [0.25, 0.3) is 22.3 Å². The molecule has 2 bridgehead atoms. The lowest BCUT2D eigenvalue weighted by Crippen LogP contribution is -2.32. The summed E-state index contributed by atoms with van der Waals surface area (Å²) in [6.45, 7) is -5.21. The fraction of sp³-hybridized carbons (Fsp3) is 0.500. The van der Waals surface area contributed by atoms with Crippen molar-refractivity contribution in [1.29, 1.82) is 0 Å². The largest absolute Gasteiger partial charge is 0.475 e. The van der Waals surface area contributed by atoms with Crippen LogP contribution in [0.5, 0.6) is 0 Å². The van der Waals surface area contributed by atoms with Crippen LogP contribution in [0.3, 0.4) is 0 Å². The van der Waals surface area contributed by atoms with Gasteiger partial charge in [-0.15, -0.1) is 0 Å². The van der Waals surface area contributed by atoms with E-state index in [9.17, 15) is 19.4 Å². The number of rotatable bonds is 2. The van der Waals surface area contributed by atoms with E-state index in [4.69, 9.17) is 45.1 Å². The van der Waals surface area contributed by atoms with Gasteiger partial charge >= 0.3 is 13.9 Å². The number of nitrogens with one attached hydrogen (secondary N) is 2. The molecule has 24 heteroatoms. The number of alkyl halides is 1. The van der Waals surface area contributed by atoms with Crippen molar-refractivity contribution in [3.8, 4) is 0 Å². The first-order valence-electron chi connectivity index (χ1n) is 12.8. The summed E-state index contributed by atoms with van der Waals surface area (Å²) in [4.78, 5) is 67.5. The Morgan fingerprint density at radius 1 is 1.09 bits per heavy atom. The number of nitrogens with zero attached hydrogens (tertiary/aromatic N) is 6. The van der Waals surface area contributed by atoms with E-state index in [2.05, 4.69) is 42.2 Å². The molecule has 44 heavy (non-hydrogen) atoms. The molecule has 6 N–H and O–H groups in total. The number of nitrogen functional groups attached to an aromatic ring is 1. The van der Waals surface area contributed by atoms with E-state index >= 15 is 4.39 Å². The molecule has 3 aliphatic rings. The van der Waals surface area contributed by atoms with E-state index in [0.29, 0.717) is 0 Å². The molecule has 7 rings (SSSR count). The first-order chi connectivity index (χ1) is 20.9. The monoisotopic (exact) mass is 694 g/mol. The second kappa shape index (κ2) is 11.1. The Hall–Kier alpha value is -2.46. The zero-order chi connectivity index (χ0) is 31.0. The van der Waals surface area contributed by atoms with Gasteiger partial charge in [0, 0.05) is 6.42 Å². The number of hydrogen-bond donors (Lipinski definition) is 6. The number of hydrogen-bond acceptors (Lipinski definition) is 16. The highest BCUT2D eigenvalue weighted by Gasteiger charge is 2.54. The fourth-order valence-electron chi connectivity index (χ4n) is 5.23.